The van der Waals surface area contributed by atoms with Crippen molar-refractivity contribution in [3.63, 3.8) is 0 Å². The molecule has 1 amide bonds. The smallest absolute Gasteiger partial charge is 0.220 e. The molecule has 0 radical (unpaired) electrons. The van der Waals surface area contributed by atoms with E-state index in [0.717, 1.165) is 38.8 Å². The fourth-order valence-electron chi connectivity index (χ4n) is 4.32. The average Bonchev–Trinajstić information content (AvgIpc) is 2.63. The van der Waals surface area contributed by atoms with Crippen molar-refractivity contribution in [3.05, 3.63) is 70.8 Å². The molecule has 1 aliphatic heterocycles. The maximum Gasteiger partial charge on any atom is 0.220 e. The summed E-state index contributed by atoms with van der Waals surface area (Å²) in [5, 5.41) is 0. The minimum absolute atomic E-state index is 0.00983. The second-order valence-electron chi connectivity index (χ2n) is 7.57. The molecular formula is C23H30N2O. The Labute approximate surface area is 157 Å². The van der Waals surface area contributed by atoms with Crippen LogP contribution in [0.3, 0.4) is 0 Å². The van der Waals surface area contributed by atoms with Gasteiger partial charge in [-0.1, -0.05) is 48.5 Å². The number of aryl methyl sites for hydroxylation is 3. The Bertz CT molecular complexity index is 721. The molecule has 0 aliphatic carbocycles. The minimum Gasteiger partial charge on any atom is -0.369 e. The largest absolute Gasteiger partial charge is 0.369 e. The number of nitrogens with two attached hydrogens (primary N) is 1. The van der Waals surface area contributed by atoms with Crippen LogP contribution in [0.5, 0.6) is 0 Å². The minimum atomic E-state index is -0.148. The van der Waals surface area contributed by atoms with Crippen LogP contribution in [0.2, 0.25) is 0 Å². The van der Waals surface area contributed by atoms with Gasteiger partial charge in [0.2, 0.25) is 5.91 Å². The molecule has 2 aromatic rings. The lowest BCUT2D eigenvalue weighted by Gasteiger charge is -2.40. The van der Waals surface area contributed by atoms with Crippen molar-refractivity contribution in [1.82, 2.24) is 4.90 Å². The van der Waals surface area contributed by atoms with Gasteiger partial charge in [-0.2, -0.15) is 0 Å². The molecule has 0 spiro atoms. The number of piperidine rings is 1. The van der Waals surface area contributed by atoms with E-state index in [2.05, 4.69) is 67.3 Å². The number of nitrogens with zero attached hydrogens (tertiary/aromatic N) is 1. The van der Waals surface area contributed by atoms with E-state index in [4.69, 9.17) is 5.73 Å². The Kier molecular flexibility index (Phi) is 6.10. The maximum absolute atomic E-state index is 11.8. The highest BCUT2D eigenvalue weighted by atomic mass is 16.1. The number of rotatable bonds is 6. The number of benzene rings is 2. The second kappa shape index (κ2) is 8.50. The molecule has 1 aliphatic rings. The van der Waals surface area contributed by atoms with Gasteiger partial charge >= 0.3 is 0 Å². The summed E-state index contributed by atoms with van der Waals surface area (Å²) in [6, 6.07) is 17.4. The monoisotopic (exact) mass is 350 g/mol. The Morgan fingerprint density at radius 2 is 1.77 bits per heavy atom. The van der Waals surface area contributed by atoms with Crippen LogP contribution in [-0.2, 0) is 11.2 Å². The fraction of sp³-hybridized carbons (Fsp3) is 0.435. The van der Waals surface area contributed by atoms with Gasteiger partial charge < -0.3 is 5.73 Å². The lowest BCUT2D eigenvalue weighted by molar-refractivity contribution is -0.124. The highest BCUT2D eigenvalue weighted by Crippen LogP contribution is 2.37. The fourth-order valence-corrected chi connectivity index (χ4v) is 4.32. The first-order valence-electron chi connectivity index (χ1n) is 9.69. The number of hydrogen-bond donors (Lipinski definition) is 1. The van der Waals surface area contributed by atoms with E-state index < -0.39 is 0 Å². The van der Waals surface area contributed by atoms with Gasteiger partial charge in [-0.05, 0) is 74.9 Å². The third-order valence-corrected chi connectivity index (χ3v) is 5.74. The first-order valence-corrected chi connectivity index (χ1v) is 9.69. The topological polar surface area (TPSA) is 46.3 Å². The number of likely N-dealkylation sites (tertiary alicyclic amines) is 1. The molecule has 0 bridgehead atoms. The summed E-state index contributed by atoms with van der Waals surface area (Å²) in [5.74, 6) is -0.158. The van der Waals surface area contributed by atoms with E-state index >= 15 is 0 Å². The van der Waals surface area contributed by atoms with E-state index in [1.807, 2.05) is 0 Å². The normalized spacial score (nSPS) is 20.8. The van der Waals surface area contributed by atoms with Crippen LogP contribution in [0.15, 0.2) is 48.5 Å². The first kappa shape index (κ1) is 18.7. The number of carbonyl (C=O) groups is 1. The van der Waals surface area contributed by atoms with Crippen LogP contribution in [0, 0.1) is 19.8 Å². The summed E-state index contributed by atoms with van der Waals surface area (Å²) in [6.45, 7) is 6.36. The van der Waals surface area contributed by atoms with Gasteiger partial charge in [0.05, 0.1) is 0 Å². The third-order valence-electron chi connectivity index (χ3n) is 5.74. The summed E-state index contributed by atoms with van der Waals surface area (Å²) in [5.41, 5.74) is 11.1. The lowest BCUT2D eigenvalue weighted by atomic mass is 9.83. The molecule has 3 rings (SSSR count). The Hall–Kier alpha value is -2.13. The highest BCUT2D eigenvalue weighted by molar-refractivity contribution is 5.76. The van der Waals surface area contributed by atoms with E-state index in [-0.39, 0.29) is 11.8 Å². The van der Waals surface area contributed by atoms with E-state index in [1.165, 1.54) is 22.3 Å². The molecular weight excluding hydrogens is 320 g/mol. The van der Waals surface area contributed by atoms with Gasteiger partial charge in [0.25, 0.3) is 0 Å². The number of primary amides is 1. The molecule has 26 heavy (non-hydrogen) atoms. The van der Waals surface area contributed by atoms with Gasteiger partial charge in [-0.15, -0.1) is 0 Å². The van der Waals surface area contributed by atoms with E-state index in [0.29, 0.717) is 6.04 Å². The average molecular weight is 351 g/mol. The number of hydrogen-bond acceptors (Lipinski definition) is 2. The van der Waals surface area contributed by atoms with Gasteiger partial charge in [-0.3, -0.25) is 9.69 Å². The summed E-state index contributed by atoms with van der Waals surface area (Å²) in [6.07, 6.45) is 3.94. The predicted molar refractivity (Wildman–Crippen MR) is 107 cm³/mol. The summed E-state index contributed by atoms with van der Waals surface area (Å²) in [7, 11) is 0. The van der Waals surface area contributed by atoms with Crippen molar-refractivity contribution >= 4 is 5.91 Å². The SMILES string of the molecule is Cc1cccc(C)c1C1CC(C(N)=O)CCN1CCCc1ccccc1. The molecule has 1 saturated heterocycles. The standard InChI is InChI=1S/C23H30N2O/c1-17-8-6-9-18(2)22(17)21-16-20(23(24)26)13-15-25(21)14-7-12-19-10-4-3-5-11-19/h3-6,8-11,20-21H,7,12-16H2,1-2H3,(H2,24,26). The molecule has 2 unspecified atom stereocenters. The van der Waals surface area contributed by atoms with Crippen LogP contribution < -0.4 is 5.73 Å². The molecule has 2 atom stereocenters. The zero-order chi connectivity index (χ0) is 18.5. The van der Waals surface area contributed by atoms with Crippen LogP contribution >= 0.6 is 0 Å². The van der Waals surface area contributed by atoms with Gasteiger partial charge in [0.15, 0.2) is 0 Å². The second-order valence-corrected chi connectivity index (χ2v) is 7.57. The van der Waals surface area contributed by atoms with Crippen LogP contribution in [0.1, 0.15) is 47.6 Å². The summed E-state index contributed by atoms with van der Waals surface area (Å²) >= 11 is 0. The van der Waals surface area contributed by atoms with Gasteiger partial charge in [0.1, 0.15) is 0 Å². The summed E-state index contributed by atoms with van der Waals surface area (Å²) < 4.78 is 0. The molecule has 138 valence electrons. The Morgan fingerprint density at radius 3 is 2.42 bits per heavy atom. The van der Waals surface area contributed by atoms with Crippen molar-refractivity contribution in [1.29, 1.82) is 0 Å². The predicted octanol–water partition coefficient (Wildman–Crippen LogP) is 4.17. The van der Waals surface area contributed by atoms with Crippen LogP contribution in [-0.4, -0.2) is 23.9 Å². The molecule has 2 N–H and O–H groups in total. The summed E-state index contributed by atoms with van der Waals surface area (Å²) in [4.78, 5) is 14.4. The highest BCUT2D eigenvalue weighted by Gasteiger charge is 2.33. The van der Waals surface area contributed by atoms with Crippen molar-refractivity contribution < 1.29 is 4.79 Å². The zero-order valence-electron chi connectivity index (χ0n) is 15.9. The molecule has 1 heterocycles. The van der Waals surface area contributed by atoms with Gasteiger partial charge in [0, 0.05) is 12.0 Å². The number of carbonyl (C=O) groups excluding carboxylic acids is 1. The van der Waals surface area contributed by atoms with Crippen LogP contribution in [0.25, 0.3) is 0 Å². The maximum atomic E-state index is 11.8. The van der Waals surface area contributed by atoms with Crippen molar-refractivity contribution in [2.75, 3.05) is 13.1 Å². The van der Waals surface area contributed by atoms with Gasteiger partial charge in [-0.25, -0.2) is 0 Å². The zero-order valence-corrected chi connectivity index (χ0v) is 15.9. The third kappa shape index (κ3) is 4.34. The molecule has 2 aromatic carbocycles. The van der Waals surface area contributed by atoms with E-state index in [9.17, 15) is 4.79 Å². The van der Waals surface area contributed by atoms with Crippen molar-refractivity contribution in [3.8, 4) is 0 Å². The Balaban J connectivity index is 1.75. The molecule has 3 nitrogen and oxygen atoms in total. The Morgan fingerprint density at radius 1 is 1.08 bits per heavy atom. The molecule has 0 aromatic heterocycles. The lowest BCUT2D eigenvalue weighted by Crippen LogP contribution is -2.41. The van der Waals surface area contributed by atoms with Crippen molar-refractivity contribution in [2.45, 2.75) is 45.6 Å². The quantitative estimate of drug-likeness (QED) is 0.850. The molecule has 1 fully saturated rings. The van der Waals surface area contributed by atoms with E-state index in [1.54, 1.807) is 0 Å². The first-order chi connectivity index (χ1) is 12.6. The van der Waals surface area contributed by atoms with Crippen LogP contribution in [0.4, 0.5) is 0 Å². The number of amides is 1. The molecule has 0 saturated carbocycles. The van der Waals surface area contributed by atoms with Crippen molar-refractivity contribution in [2.24, 2.45) is 11.7 Å². The molecule has 3 heteroatoms.